The number of hydrogen-bond acceptors (Lipinski definition) is 2. The van der Waals surface area contributed by atoms with Gasteiger partial charge in [0.25, 0.3) is 0 Å². The zero-order valence-corrected chi connectivity index (χ0v) is 10.0. The summed E-state index contributed by atoms with van der Waals surface area (Å²) in [4.78, 5) is 0. The second-order valence-corrected chi connectivity index (χ2v) is 5.19. The predicted octanol–water partition coefficient (Wildman–Crippen LogP) is 3.14. The van der Waals surface area contributed by atoms with Crippen LogP contribution in [0.1, 0.15) is 31.4 Å². The van der Waals surface area contributed by atoms with Crippen molar-refractivity contribution in [2.45, 2.75) is 33.1 Å². The molecule has 1 N–H and O–H groups in total. The Morgan fingerprint density at radius 3 is 3.00 bits per heavy atom. The first kappa shape index (κ1) is 11.0. The van der Waals surface area contributed by atoms with Crippen molar-refractivity contribution in [1.82, 2.24) is 0 Å². The minimum absolute atomic E-state index is 0.268. The van der Waals surface area contributed by atoms with E-state index in [1.165, 1.54) is 23.2 Å². The Labute approximate surface area is 97.3 Å². The van der Waals surface area contributed by atoms with Gasteiger partial charge in [-0.15, -0.1) is 0 Å². The van der Waals surface area contributed by atoms with E-state index in [9.17, 15) is 0 Å². The van der Waals surface area contributed by atoms with Gasteiger partial charge in [0.15, 0.2) is 0 Å². The molecule has 0 spiro atoms. The van der Waals surface area contributed by atoms with E-state index in [0.29, 0.717) is 0 Å². The van der Waals surface area contributed by atoms with Crippen LogP contribution < -0.4 is 5.32 Å². The van der Waals surface area contributed by atoms with Crippen molar-refractivity contribution in [3.63, 3.8) is 0 Å². The van der Waals surface area contributed by atoms with Crippen LogP contribution in [0.2, 0.25) is 0 Å². The number of rotatable bonds is 2. The second kappa shape index (κ2) is 4.17. The van der Waals surface area contributed by atoms with Crippen LogP contribution in [-0.4, -0.2) is 6.54 Å². The molecular weight excluding hydrogens is 196 g/mol. The van der Waals surface area contributed by atoms with E-state index in [1.54, 1.807) is 0 Å². The van der Waals surface area contributed by atoms with Gasteiger partial charge in [0, 0.05) is 12.2 Å². The summed E-state index contributed by atoms with van der Waals surface area (Å²) in [7, 11) is 0. The SMILES string of the molecule is CC(C)(C#N)Cc1ccc2c(c1)CCCN2. The number of nitriles is 1. The molecule has 16 heavy (non-hydrogen) atoms. The predicted molar refractivity (Wildman–Crippen MR) is 66.4 cm³/mol. The van der Waals surface area contributed by atoms with Crippen LogP contribution in [0.3, 0.4) is 0 Å². The van der Waals surface area contributed by atoms with Gasteiger partial charge < -0.3 is 5.32 Å². The molecule has 2 heteroatoms. The fraction of sp³-hybridized carbons (Fsp3) is 0.500. The van der Waals surface area contributed by atoms with Gasteiger partial charge in [-0.05, 0) is 50.3 Å². The normalized spacial score (nSPS) is 14.8. The Balaban J connectivity index is 2.21. The Kier molecular flexibility index (Phi) is 2.87. The number of benzene rings is 1. The van der Waals surface area contributed by atoms with Crippen molar-refractivity contribution in [2.24, 2.45) is 5.41 Å². The Bertz CT molecular complexity index is 427. The van der Waals surface area contributed by atoms with Crippen LogP contribution in [-0.2, 0) is 12.8 Å². The number of fused-ring (bicyclic) bond motifs is 1. The second-order valence-electron chi connectivity index (χ2n) is 5.19. The highest BCUT2D eigenvalue weighted by Crippen LogP contribution is 2.26. The molecule has 0 saturated heterocycles. The van der Waals surface area contributed by atoms with Gasteiger partial charge in [0.1, 0.15) is 0 Å². The van der Waals surface area contributed by atoms with Gasteiger partial charge in [0.2, 0.25) is 0 Å². The third-order valence-electron chi connectivity index (χ3n) is 3.06. The molecule has 0 saturated carbocycles. The molecule has 2 nitrogen and oxygen atoms in total. The molecule has 0 bridgehead atoms. The first-order valence-corrected chi connectivity index (χ1v) is 5.88. The summed E-state index contributed by atoms with van der Waals surface area (Å²) in [6, 6.07) is 8.89. The summed E-state index contributed by atoms with van der Waals surface area (Å²) in [5.41, 5.74) is 3.67. The minimum Gasteiger partial charge on any atom is -0.385 e. The zero-order chi connectivity index (χ0) is 11.6. The summed E-state index contributed by atoms with van der Waals surface area (Å²) in [5.74, 6) is 0. The van der Waals surface area contributed by atoms with Gasteiger partial charge >= 0.3 is 0 Å². The van der Waals surface area contributed by atoms with Gasteiger partial charge in [-0.3, -0.25) is 0 Å². The topological polar surface area (TPSA) is 35.8 Å². The number of anilines is 1. The van der Waals surface area contributed by atoms with Crippen LogP contribution in [0, 0.1) is 16.7 Å². The van der Waals surface area contributed by atoms with Crippen molar-refractivity contribution in [3.8, 4) is 6.07 Å². The average Bonchev–Trinajstić information content (AvgIpc) is 2.28. The summed E-state index contributed by atoms with van der Waals surface area (Å²) in [6.07, 6.45) is 3.19. The van der Waals surface area contributed by atoms with Gasteiger partial charge in [0.05, 0.1) is 11.5 Å². The number of hydrogen-bond donors (Lipinski definition) is 1. The van der Waals surface area contributed by atoms with E-state index in [2.05, 4.69) is 29.6 Å². The first-order chi connectivity index (χ1) is 7.61. The van der Waals surface area contributed by atoms with Crippen LogP contribution in [0.5, 0.6) is 0 Å². The summed E-state index contributed by atoms with van der Waals surface area (Å²) in [6.45, 7) is 5.06. The van der Waals surface area contributed by atoms with Gasteiger partial charge in [-0.2, -0.15) is 5.26 Å². The first-order valence-electron chi connectivity index (χ1n) is 5.88. The van der Waals surface area contributed by atoms with Gasteiger partial charge in [-0.25, -0.2) is 0 Å². The lowest BCUT2D eigenvalue weighted by Gasteiger charge is -2.20. The minimum atomic E-state index is -0.268. The van der Waals surface area contributed by atoms with Crippen LogP contribution in [0.15, 0.2) is 18.2 Å². The number of aryl methyl sites for hydroxylation is 1. The largest absolute Gasteiger partial charge is 0.385 e. The van der Waals surface area contributed by atoms with Crippen molar-refractivity contribution in [1.29, 1.82) is 5.26 Å². The van der Waals surface area contributed by atoms with E-state index in [4.69, 9.17) is 5.26 Å². The third-order valence-corrected chi connectivity index (χ3v) is 3.06. The number of nitrogens with one attached hydrogen (secondary N) is 1. The van der Waals surface area contributed by atoms with E-state index in [1.807, 2.05) is 13.8 Å². The third kappa shape index (κ3) is 2.36. The highest BCUT2D eigenvalue weighted by Gasteiger charge is 2.18. The molecular formula is C14H18N2. The van der Waals surface area contributed by atoms with E-state index in [0.717, 1.165) is 19.4 Å². The summed E-state index contributed by atoms with van der Waals surface area (Å²) in [5, 5.41) is 12.4. The fourth-order valence-corrected chi connectivity index (χ4v) is 2.19. The Morgan fingerprint density at radius 1 is 1.44 bits per heavy atom. The quantitative estimate of drug-likeness (QED) is 0.821. The maximum Gasteiger partial charge on any atom is 0.0687 e. The lowest BCUT2D eigenvalue weighted by Crippen LogP contribution is -2.14. The molecule has 0 amide bonds. The molecule has 0 fully saturated rings. The lowest BCUT2D eigenvalue weighted by molar-refractivity contribution is 0.493. The van der Waals surface area contributed by atoms with Gasteiger partial charge in [-0.1, -0.05) is 12.1 Å². The lowest BCUT2D eigenvalue weighted by atomic mass is 9.86. The summed E-state index contributed by atoms with van der Waals surface area (Å²) < 4.78 is 0. The van der Waals surface area contributed by atoms with E-state index < -0.39 is 0 Å². The maximum atomic E-state index is 9.03. The molecule has 1 aromatic carbocycles. The van der Waals surface area contributed by atoms with Crippen molar-refractivity contribution >= 4 is 5.69 Å². The molecule has 1 aliphatic rings. The van der Waals surface area contributed by atoms with Crippen molar-refractivity contribution in [3.05, 3.63) is 29.3 Å². The Morgan fingerprint density at radius 2 is 2.25 bits per heavy atom. The molecule has 1 heterocycles. The van der Waals surface area contributed by atoms with E-state index in [-0.39, 0.29) is 5.41 Å². The fourth-order valence-electron chi connectivity index (χ4n) is 2.19. The van der Waals surface area contributed by atoms with Crippen LogP contribution >= 0.6 is 0 Å². The van der Waals surface area contributed by atoms with E-state index >= 15 is 0 Å². The standard InChI is InChI=1S/C14H18N2/c1-14(2,10-15)9-11-5-6-13-12(8-11)4-3-7-16-13/h5-6,8,16H,3-4,7,9H2,1-2H3. The smallest absolute Gasteiger partial charge is 0.0687 e. The van der Waals surface area contributed by atoms with Crippen LogP contribution in [0.4, 0.5) is 5.69 Å². The molecule has 0 atom stereocenters. The number of nitrogens with zero attached hydrogens (tertiary/aromatic N) is 1. The molecule has 84 valence electrons. The molecule has 1 aliphatic heterocycles. The molecule has 0 aromatic heterocycles. The molecule has 0 radical (unpaired) electrons. The highest BCUT2D eigenvalue weighted by atomic mass is 14.9. The zero-order valence-electron chi connectivity index (χ0n) is 10.0. The van der Waals surface area contributed by atoms with Crippen molar-refractivity contribution < 1.29 is 0 Å². The molecule has 2 rings (SSSR count). The van der Waals surface area contributed by atoms with Crippen molar-refractivity contribution in [2.75, 3.05) is 11.9 Å². The maximum absolute atomic E-state index is 9.03. The highest BCUT2D eigenvalue weighted by molar-refractivity contribution is 5.54. The summed E-state index contributed by atoms with van der Waals surface area (Å²) >= 11 is 0. The van der Waals surface area contributed by atoms with Crippen LogP contribution in [0.25, 0.3) is 0 Å². The molecule has 0 aliphatic carbocycles. The average molecular weight is 214 g/mol. The Hall–Kier alpha value is -1.49. The molecule has 0 unspecified atom stereocenters. The monoisotopic (exact) mass is 214 g/mol. The molecule has 1 aromatic rings.